The first kappa shape index (κ1) is 17.0. The minimum Gasteiger partial charge on any atom is -0.505 e. The van der Waals surface area contributed by atoms with Crippen LogP contribution < -0.4 is 11.6 Å². The standard InChI is InChI=1S/C16H14N4O4S/c17-10-4-6-11(7-5-10)19-20-14-9-8-12-13(16(14)21)2-1-3-15(12)25(22,23)24-18/h1-9H,18H2,(H3-,17,19,20,21,22,23)/p+1. The quantitative estimate of drug-likeness (QED) is 0.242. The van der Waals surface area contributed by atoms with Gasteiger partial charge in [0.1, 0.15) is 5.69 Å². The Balaban J connectivity index is 2.06. The van der Waals surface area contributed by atoms with Gasteiger partial charge in [0.05, 0.1) is 5.69 Å². The van der Waals surface area contributed by atoms with Gasteiger partial charge in [0.2, 0.25) is 4.90 Å². The van der Waals surface area contributed by atoms with E-state index in [1.165, 1.54) is 24.3 Å². The van der Waals surface area contributed by atoms with Crippen molar-refractivity contribution >= 4 is 38.3 Å². The molecule has 0 heterocycles. The number of rotatable bonds is 4. The molecule has 0 aliphatic rings. The second kappa shape index (κ2) is 6.57. The molecule has 25 heavy (non-hydrogen) atoms. The average Bonchev–Trinajstić information content (AvgIpc) is 2.62. The zero-order valence-electron chi connectivity index (χ0n) is 12.9. The molecule has 0 aromatic heterocycles. The molecule has 8 nitrogen and oxygen atoms in total. The van der Waals surface area contributed by atoms with Crippen LogP contribution in [0.2, 0.25) is 0 Å². The Morgan fingerprint density at radius 2 is 1.68 bits per heavy atom. The number of hydrogen-bond donors (Lipinski definition) is 4. The summed E-state index contributed by atoms with van der Waals surface area (Å²) in [4.78, 5) is -0.0372. The molecule has 0 aliphatic heterocycles. The maximum Gasteiger partial charge on any atom is 0.408 e. The van der Waals surface area contributed by atoms with E-state index in [2.05, 4.69) is 14.5 Å². The molecule has 3 rings (SSSR count). The zero-order chi connectivity index (χ0) is 18.0. The number of aromatic hydroxyl groups is 1. The van der Waals surface area contributed by atoms with Crippen molar-refractivity contribution in [3.63, 3.8) is 0 Å². The predicted octanol–water partition coefficient (Wildman–Crippen LogP) is 3.68. The van der Waals surface area contributed by atoms with Crippen molar-refractivity contribution in [2.24, 2.45) is 16.1 Å². The molecule has 0 saturated carbocycles. The van der Waals surface area contributed by atoms with E-state index in [1.807, 2.05) is 0 Å². The van der Waals surface area contributed by atoms with Gasteiger partial charge in [-0.2, -0.15) is 15.6 Å². The van der Waals surface area contributed by atoms with E-state index in [4.69, 9.17) is 11.6 Å². The third-order valence-corrected chi connectivity index (χ3v) is 4.72. The van der Waals surface area contributed by atoms with Gasteiger partial charge in [-0.15, -0.1) is 5.11 Å². The number of anilines is 1. The molecule has 6 N–H and O–H groups in total. The summed E-state index contributed by atoms with van der Waals surface area (Å²) in [6.45, 7) is 0. The summed E-state index contributed by atoms with van der Waals surface area (Å²) in [5, 5.41) is 19.1. The maximum atomic E-state index is 12.0. The number of nitrogens with two attached hydrogens (primary N) is 2. The molecule has 3 aromatic carbocycles. The van der Waals surface area contributed by atoms with E-state index >= 15 is 0 Å². The van der Waals surface area contributed by atoms with Gasteiger partial charge < -0.3 is 10.8 Å². The molecule has 3 aromatic rings. The topological polar surface area (TPSA) is 144 Å². The van der Waals surface area contributed by atoms with Crippen molar-refractivity contribution < 1.29 is 18.2 Å². The summed E-state index contributed by atoms with van der Waals surface area (Å²) in [6.07, 6.45) is 0. The van der Waals surface area contributed by atoms with E-state index in [0.29, 0.717) is 22.1 Å². The summed E-state index contributed by atoms with van der Waals surface area (Å²) in [5.41, 5.74) is 6.99. The van der Waals surface area contributed by atoms with Crippen LogP contribution in [0.3, 0.4) is 0 Å². The Morgan fingerprint density at radius 3 is 2.36 bits per heavy atom. The van der Waals surface area contributed by atoms with Crippen LogP contribution in [0.1, 0.15) is 0 Å². The Bertz CT molecular complexity index is 1000. The second-order valence-corrected chi connectivity index (χ2v) is 6.73. The van der Waals surface area contributed by atoms with E-state index in [9.17, 15) is 13.9 Å². The first-order chi connectivity index (χ1) is 11.9. The number of benzene rings is 3. The van der Waals surface area contributed by atoms with Crippen molar-refractivity contribution in [2.75, 3.05) is 5.73 Å². The smallest absolute Gasteiger partial charge is 0.408 e. The highest BCUT2D eigenvalue weighted by Gasteiger charge is 2.33. The second-order valence-electron chi connectivity index (χ2n) is 5.15. The Morgan fingerprint density at radius 1 is 0.960 bits per heavy atom. The van der Waals surface area contributed by atoms with Crippen LogP contribution in [0.15, 0.2) is 69.7 Å². The molecule has 0 amide bonds. The summed E-state index contributed by atoms with van der Waals surface area (Å²) in [6, 6.07) is 14.3. The molecule has 0 aliphatic carbocycles. The van der Waals surface area contributed by atoms with Crippen molar-refractivity contribution in [1.82, 2.24) is 0 Å². The minimum absolute atomic E-state index is 0.0372. The number of phenols is 1. The van der Waals surface area contributed by atoms with Crippen molar-refractivity contribution in [3.05, 3.63) is 54.6 Å². The highest BCUT2D eigenvalue weighted by atomic mass is 32.3. The Kier molecular flexibility index (Phi) is 4.47. The van der Waals surface area contributed by atoms with Gasteiger partial charge in [0.15, 0.2) is 5.75 Å². The number of nitrogens with zero attached hydrogens (tertiary/aromatic N) is 2. The maximum absolute atomic E-state index is 12.0. The lowest BCUT2D eigenvalue weighted by molar-refractivity contribution is 0.289. The molecule has 0 saturated heterocycles. The van der Waals surface area contributed by atoms with E-state index in [-0.39, 0.29) is 16.3 Å². The van der Waals surface area contributed by atoms with E-state index in [1.54, 1.807) is 30.3 Å². The largest absolute Gasteiger partial charge is 0.505 e. The summed E-state index contributed by atoms with van der Waals surface area (Å²) >= 11 is 0. The van der Waals surface area contributed by atoms with Gasteiger partial charge in [-0.25, -0.2) is 0 Å². The number of fused-ring (bicyclic) bond motifs is 1. The number of hydrogen-bond acceptors (Lipinski definition) is 7. The SMILES string of the molecule is NO[S+](=O)(O)c1cccc2c(O)c(N=Nc3ccc(N)cc3)ccc12. The summed E-state index contributed by atoms with van der Waals surface area (Å²) in [5.74, 6) is 4.71. The number of azo groups is 1. The first-order valence-corrected chi connectivity index (χ1v) is 8.53. The minimum atomic E-state index is -3.86. The van der Waals surface area contributed by atoms with Gasteiger partial charge in [-0.3, -0.25) is 0 Å². The molecular formula is C16H15N4O4S+. The molecule has 9 heteroatoms. The predicted molar refractivity (Wildman–Crippen MR) is 94.9 cm³/mol. The molecule has 0 bridgehead atoms. The molecule has 0 radical (unpaired) electrons. The average molecular weight is 359 g/mol. The van der Waals surface area contributed by atoms with Crippen LogP contribution >= 0.6 is 0 Å². The van der Waals surface area contributed by atoms with Crippen LogP contribution in [0.4, 0.5) is 17.1 Å². The van der Waals surface area contributed by atoms with Gasteiger partial charge in [0, 0.05) is 22.5 Å². The molecule has 128 valence electrons. The lowest BCUT2D eigenvalue weighted by Crippen LogP contribution is -2.18. The molecule has 0 spiro atoms. The zero-order valence-corrected chi connectivity index (χ0v) is 13.7. The third kappa shape index (κ3) is 3.35. The number of nitrogen functional groups attached to an aromatic ring is 1. The van der Waals surface area contributed by atoms with Crippen LogP contribution in [0.25, 0.3) is 10.8 Å². The van der Waals surface area contributed by atoms with Crippen LogP contribution in [0, 0.1) is 0 Å². The Hall–Kier alpha value is -2.85. The fourth-order valence-corrected chi connectivity index (χ4v) is 3.12. The van der Waals surface area contributed by atoms with Crippen LogP contribution in [-0.4, -0.2) is 9.66 Å². The molecular weight excluding hydrogens is 344 g/mol. The normalized spacial score (nSPS) is 14.0. The van der Waals surface area contributed by atoms with E-state index in [0.717, 1.165) is 0 Å². The van der Waals surface area contributed by atoms with Crippen LogP contribution in [0.5, 0.6) is 5.75 Å². The lowest BCUT2D eigenvalue weighted by Gasteiger charge is -2.06. The highest BCUT2D eigenvalue weighted by molar-refractivity contribution is 7.93. The van der Waals surface area contributed by atoms with Gasteiger partial charge >= 0.3 is 10.5 Å². The van der Waals surface area contributed by atoms with E-state index < -0.39 is 10.5 Å². The van der Waals surface area contributed by atoms with Gasteiger partial charge in [-0.1, -0.05) is 12.1 Å². The highest BCUT2D eigenvalue weighted by Crippen LogP contribution is 2.38. The fourth-order valence-electron chi connectivity index (χ4n) is 2.31. The first-order valence-electron chi connectivity index (χ1n) is 7.09. The molecule has 1 atom stereocenters. The Labute approximate surface area is 144 Å². The molecule has 1 unspecified atom stereocenters. The van der Waals surface area contributed by atoms with Gasteiger partial charge in [0.25, 0.3) is 0 Å². The lowest BCUT2D eigenvalue weighted by atomic mass is 10.1. The fraction of sp³-hybridized carbons (Fsp3) is 0. The van der Waals surface area contributed by atoms with Crippen molar-refractivity contribution in [1.29, 1.82) is 0 Å². The van der Waals surface area contributed by atoms with Crippen molar-refractivity contribution in [2.45, 2.75) is 4.90 Å². The van der Waals surface area contributed by atoms with Crippen LogP contribution in [-0.2, 0) is 19.0 Å². The number of phenolic OH excluding ortho intramolecular Hbond substituents is 1. The third-order valence-electron chi connectivity index (χ3n) is 3.55. The van der Waals surface area contributed by atoms with Gasteiger partial charge in [-0.05, 0) is 44.9 Å². The summed E-state index contributed by atoms with van der Waals surface area (Å²) < 4.78 is 25.9. The summed E-state index contributed by atoms with van der Waals surface area (Å²) in [7, 11) is -3.86. The monoisotopic (exact) mass is 359 g/mol. The van der Waals surface area contributed by atoms with Crippen molar-refractivity contribution in [3.8, 4) is 5.75 Å². The molecule has 0 fully saturated rings.